The molecule has 0 atom stereocenters. The van der Waals surface area contributed by atoms with Crippen LogP contribution >= 0.6 is 11.8 Å². The fourth-order valence-electron chi connectivity index (χ4n) is 2.92. The van der Waals surface area contributed by atoms with Crippen molar-refractivity contribution >= 4 is 31.8 Å². The van der Waals surface area contributed by atoms with Gasteiger partial charge in [0.2, 0.25) is 25.9 Å². The predicted octanol–water partition coefficient (Wildman–Crippen LogP) is 1.94. The molecule has 1 saturated heterocycles. The van der Waals surface area contributed by atoms with Crippen LogP contribution in [-0.4, -0.2) is 63.0 Å². The van der Waals surface area contributed by atoms with Crippen LogP contribution in [0.3, 0.4) is 0 Å². The Morgan fingerprint density at radius 2 is 1.90 bits per heavy atom. The van der Waals surface area contributed by atoms with Crippen LogP contribution in [0.15, 0.2) is 38.8 Å². The molecule has 2 aromatic rings. The lowest BCUT2D eigenvalue weighted by Gasteiger charge is -2.25. The van der Waals surface area contributed by atoms with Crippen molar-refractivity contribution in [3.63, 3.8) is 0 Å². The van der Waals surface area contributed by atoms with E-state index in [2.05, 4.69) is 14.9 Å². The van der Waals surface area contributed by atoms with Gasteiger partial charge in [0, 0.05) is 31.0 Å². The number of nitrogens with zero attached hydrogens (tertiary/aromatic N) is 3. The van der Waals surface area contributed by atoms with Gasteiger partial charge in [0.15, 0.2) is 0 Å². The normalized spacial score (nSPS) is 16.2. The van der Waals surface area contributed by atoms with Crippen LogP contribution in [-0.2, 0) is 20.0 Å². The van der Waals surface area contributed by atoms with E-state index in [0.29, 0.717) is 42.6 Å². The molecule has 12 heteroatoms. The van der Waals surface area contributed by atoms with Gasteiger partial charge < -0.3 is 4.42 Å². The number of piperidine rings is 1. The number of hydrogen-bond donors (Lipinski definition) is 1. The highest BCUT2D eigenvalue weighted by atomic mass is 32.2. The lowest BCUT2D eigenvalue weighted by molar-refractivity contribution is 0.346. The molecule has 1 aliphatic rings. The first-order valence-electron chi connectivity index (χ1n) is 9.27. The zero-order chi connectivity index (χ0) is 20.9. The molecule has 1 aromatic heterocycles. The molecule has 1 aliphatic heterocycles. The van der Waals surface area contributed by atoms with E-state index in [1.807, 2.05) is 0 Å². The van der Waals surface area contributed by atoms with E-state index < -0.39 is 20.0 Å². The van der Waals surface area contributed by atoms with Crippen molar-refractivity contribution in [2.24, 2.45) is 0 Å². The monoisotopic (exact) mass is 460 g/mol. The SMILES string of the molecule is CS(=O)(=O)NCCCSc1nnc(-c2cccc(S(=O)(=O)N3CCCCC3)c2)o1. The van der Waals surface area contributed by atoms with Crippen molar-refractivity contribution in [1.29, 1.82) is 0 Å². The molecule has 1 aromatic carbocycles. The molecule has 0 unspecified atom stereocenters. The quantitative estimate of drug-likeness (QED) is 0.445. The van der Waals surface area contributed by atoms with E-state index in [4.69, 9.17) is 4.42 Å². The topological polar surface area (TPSA) is 122 Å². The van der Waals surface area contributed by atoms with Crippen LogP contribution in [0.25, 0.3) is 11.5 Å². The average Bonchev–Trinajstić information content (AvgIpc) is 3.17. The summed E-state index contributed by atoms with van der Waals surface area (Å²) in [4.78, 5) is 0.219. The van der Waals surface area contributed by atoms with Crippen LogP contribution in [0, 0.1) is 0 Å². The van der Waals surface area contributed by atoms with E-state index in [9.17, 15) is 16.8 Å². The van der Waals surface area contributed by atoms with Gasteiger partial charge in [-0.2, -0.15) is 4.31 Å². The fraction of sp³-hybridized carbons (Fsp3) is 0.529. The van der Waals surface area contributed by atoms with Crippen LogP contribution < -0.4 is 4.72 Å². The Balaban J connectivity index is 1.64. The first-order valence-corrected chi connectivity index (χ1v) is 13.6. The summed E-state index contributed by atoms with van der Waals surface area (Å²) < 4.78 is 57.3. The molecule has 2 heterocycles. The van der Waals surface area contributed by atoms with Gasteiger partial charge in [-0.1, -0.05) is 24.2 Å². The van der Waals surface area contributed by atoms with Crippen LogP contribution in [0.4, 0.5) is 0 Å². The second kappa shape index (κ2) is 9.56. The van der Waals surface area contributed by atoms with E-state index in [1.54, 1.807) is 24.3 Å². The highest BCUT2D eigenvalue weighted by Gasteiger charge is 2.26. The van der Waals surface area contributed by atoms with Gasteiger partial charge in [-0.3, -0.25) is 0 Å². The minimum atomic E-state index is -3.54. The van der Waals surface area contributed by atoms with Gasteiger partial charge in [0.25, 0.3) is 5.22 Å². The first-order chi connectivity index (χ1) is 13.8. The van der Waals surface area contributed by atoms with Crippen molar-refractivity contribution in [1.82, 2.24) is 19.2 Å². The largest absolute Gasteiger partial charge is 0.411 e. The van der Waals surface area contributed by atoms with Crippen LogP contribution in [0.2, 0.25) is 0 Å². The molecule has 0 aliphatic carbocycles. The van der Waals surface area contributed by atoms with Crippen molar-refractivity contribution in [2.75, 3.05) is 31.6 Å². The van der Waals surface area contributed by atoms with Gasteiger partial charge in [-0.15, -0.1) is 10.2 Å². The molecule has 0 radical (unpaired) electrons. The number of benzene rings is 1. The number of sulfonamides is 2. The van der Waals surface area contributed by atoms with Gasteiger partial charge >= 0.3 is 0 Å². The summed E-state index contributed by atoms with van der Waals surface area (Å²) in [6.07, 6.45) is 4.54. The molecule has 0 spiro atoms. The molecular formula is C17H24N4O5S3. The zero-order valence-corrected chi connectivity index (χ0v) is 18.5. The zero-order valence-electron chi connectivity index (χ0n) is 16.1. The van der Waals surface area contributed by atoms with E-state index in [0.717, 1.165) is 25.5 Å². The number of rotatable bonds is 9. The predicted molar refractivity (Wildman–Crippen MR) is 111 cm³/mol. The maximum absolute atomic E-state index is 12.9. The molecule has 0 bridgehead atoms. The third-order valence-electron chi connectivity index (χ3n) is 4.35. The van der Waals surface area contributed by atoms with Gasteiger partial charge in [-0.25, -0.2) is 21.6 Å². The summed E-state index contributed by atoms with van der Waals surface area (Å²) in [5.41, 5.74) is 0.543. The Labute approximate surface area is 175 Å². The Morgan fingerprint density at radius 3 is 2.62 bits per heavy atom. The maximum atomic E-state index is 12.9. The van der Waals surface area contributed by atoms with Gasteiger partial charge in [0.1, 0.15) is 0 Å². The van der Waals surface area contributed by atoms with Crippen molar-refractivity contribution in [3.05, 3.63) is 24.3 Å². The summed E-state index contributed by atoms with van der Waals surface area (Å²) in [5, 5.41) is 8.32. The molecule has 0 amide bonds. The number of aromatic nitrogens is 2. The third kappa shape index (κ3) is 6.25. The minimum Gasteiger partial charge on any atom is -0.411 e. The fourth-order valence-corrected chi connectivity index (χ4v) is 5.70. The van der Waals surface area contributed by atoms with Crippen molar-refractivity contribution in [2.45, 2.75) is 35.8 Å². The molecular weight excluding hydrogens is 436 g/mol. The van der Waals surface area contributed by atoms with E-state index >= 15 is 0 Å². The molecule has 1 N–H and O–H groups in total. The van der Waals surface area contributed by atoms with Crippen LogP contribution in [0.1, 0.15) is 25.7 Å². The summed E-state index contributed by atoms with van der Waals surface area (Å²) in [5.74, 6) is 0.852. The Morgan fingerprint density at radius 1 is 1.14 bits per heavy atom. The maximum Gasteiger partial charge on any atom is 0.276 e. The molecule has 1 fully saturated rings. The number of hydrogen-bond acceptors (Lipinski definition) is 8. The summed E-state index contributed by atoms with van der Waals surface area (Å²) in [6.45, 7) is 1.42. The van der Waals surface area contributed by atoms with Gasteiger partial charge in [-0.05, 0) is 37.5 Å². The second-order valence-corrected chi connectivity index (χ2v) is 11.6. The summed E-state index contributed by atoms with van der Waals surface area (Å²) in [6, 6.07) is 6.53. The lowest BCUT2D eigenvalue weighted by atomic mass is 10.2. The van der Waals surface area contributed by atoms with Gasteiger partial charge in [0.05, 0.1) is 11.2 Å². The molecule has 160 valence electrons. The Bertz CT molecular complexity index is 1030. The van der Waals surface area contributed by atoms with E-state index in [1.165, 1.54) is 16.1 Å². The van der Waals surface area contributed by atoms with E-state index in [-0.39, 0.29) is 10.8 Å². The lowest BCUT2D eigenvalue weighted by Crippen LogP contribution is -2.35. The highest BCUT2D eigenvalue weighted by Crippen LogP contribution is 2.27. The van der Waals surface area contributed by atoms with Crippen molar-refractivity contribution < 1.29 is 21.3 Å². The summed E-state index contributed by atoms with van der Waals surface area (Å²) >= 11 is 1.32. The average molecular weight is 461 g/mol. The highest BCUT2D eigenvalue weighted by molar-refractivity contribution is 7.99. The first kappa shape index (κ1) is 22.2. The standard InChI is InChI=1S/C17H24N4O5S3/c1-28(22,23)18-9-6-12-27-17-20-19-16(26-17)14-7-5-8-15(13-14)29(24,25)21-10-3-2-4-11-21/h5,7-8,13,18H,2-4,6,9-12H2,1H3. The number of thioether (sulfide) groups is 1. The molecule has 0 saturated carbocycles. The number of nitrogens with one attached hydrogen (secondary N) is 1. The minimum absolute atomic E-state index is 0.219. The van der Waals surface area contributed by atoms with Crippen LogP contribution in [0.5, 0.6) is 0 Å². The Hall–Kier alpha value is -1.47. The molecule has 9 nitrogen and oxygen atoms in total. The van der Waals surface area contributed by atoms with Crippen molar-refractivity contribution in [3.8, 4) is 11.5 Å². The molecule has 29 heavy (non-hydrogen) atoms. The second-order valence-electron chi connectivity index (χ2n) is 6.73. The summed E-state index contributed by atoms with van der Waals surface area (Å²) in [7, 11) is -6.72. The third-order valence-corrected chi connectivity index (χ3v) is 7.88. The Kier molecular flexibility index (Phi) is 7.32. The molecule has 3 rings (SSSR count). The smallest absolute Gasteiger partial charge is 0.276 e.